The number of ether oxygens (including phenoxy) is 7. The van der Waals surface area contributed by atoms with Gasteiger partial charge in [-0.2, -0.15) is 0 Å². The molecule has 3 aliphatic heterocycles. The Bertz CT molecular complexity index is 2300. The average molecular weight is 912 g/mol. The van der Waals surface area contributed by atoms with Gasteiger partial charge in [0.1, 0.15) is 18.5 Å². The molecule has 0 radical (unpaired) electrons. The highest BCUT2D eigenvalue weighted by atomic mass is 16.6. The number of aromatic nitrogens is 3. The van der Waals surface area contributed by atoms with Crippen LogP contribution in [0.25, 0.3) is 11.3 Å². The van der Waals surface area contributed by atoms with E-state index < -0.39 is 29.7 Å². The van der Waals surface area contributed by atoms with Crippen LogP contribution in [0.2, 0.25) is 0 Å². The third kappa shape index (κ3) is 12.1. The maximum absolute atomic E-state index is 13.2. The molecule has 0 spiro atoms. The van der Waals surface area contributed by atoms with Gasteiger partial charge in [-0.15, -0.1) is 0 Å². The lowest BCUT2D eigenvalue weighted by Gasteiger charge is -2.34. The molecule has 2 atom stereocenters. The Morgan fingerprint density at radius 3 is 2.26 bits per heavy atom. The minimum Gasteiger partial charge on any atom is -0.493 e. The van der Waals surface area contributed by atoms with Crippen molar-refractivity contribution < 1.29 is 52.3 Å². The maximum Gasteiger partial charge on any atom is 0.264 e. The summed E-state index contributed by atoms with van der Waals surface area (Å²) in [4.78, 5) is 67.4. The smallest absolute Gasteiger partial charge is 0.264 e. The molecule has 4 aromatic rings. The summed E-state index contributed by atoms with van der Waals surface area (Å²) in [5.74, 6) is 0.522. The fourth-order valence-electron chi connectivity index (χ4n) is 7.74. The number of hydrogen-bond donors (Lipinski definition) is 4. The van der Waals surface area contributed by atoms with Crippen molar-refractivity contribution in [2.75, 3.05) is 115 Å². The quantitative estimate of drug-likeness (QED) is 0.0552. The fraction of sp³-hybridized carbons (Fsp3) is 0.457. The van der Waals surface area contributed by atoms with Crippen molar-refractivity contribution in [2.45, 2.75) is 38.3 Å². The van der Waals surface area contributed by atoms with E-state index in [9.17, 15) is 19.2 Å². The number of amides is 4. The molecular weight excluding hydrogens is 855 g/mol. The molecule has 2 aromatic heterocycles. The number of methoxy groups -OCH3 is 2. The van der Waals surface area contributed by atoms with Crippen LogP contribution in [0.15, 0.2) is 60.9 Å². The second kappa shape index (κ2) is 23.7. The van der Waals surface area contributed by atoms with Crippen LogP contribution in [0.4, 0.5) is 23.1 Å². The zero-order chi connectivity index (χ0) is 46.3. The second-order valence-corrected chi connectivity index (χ2v) is 15.4. The molecule has 4 N–H and O–H groups in total. The summed E-state index contributed by atoms with van der Waals surface area (Å²) in [6, 6.07) is 13.8. The molecule has 0 saturated carbocycles. The first-order valence-electron chi connectivity index (χ1n) is 22.1. The summed E-state index contributed by atoms with van der Waals surface area (Å²) >= 11 is 0. The van der Waals surface area contributed by atoms with Crippen LogP contribution in [-0.4, -0.2) is 155 Å². The monoisotopic (exact) mass is 911 g/mol. The summed E-state index contributed by atoms with van der Waals surface area (Å²) in [6.07, 6.45) is 4.77. The third-order valence-electron chi connectivity index (χ3n) is 11.1. The van der Waals surface area contributed by atoms with E-state index >= 15 is 0 Å². The molecule has 20 heteroatoms. The minimum atomic E-state index is -1.02. The number of fused-ring (bicyclic) bond motifs is 1. The molecule has 66 heavy (non-hydrogen) atoms. The van der Waals surface area contributed by atoms with Crippen LogP contribution in [0.3, 0.4) is 0 Å². The van der Waals surface area contributed by atoms with Gasteiger partial charge in [-0.1, -0.05) is 13.0 Å². The number of nitrogens with zero attached hydrogens (tertiary/aromatic N) is 5. The number of carbonyl (C=O) groups is 4. The Morgan fingerprint density at radius 2 is 1.56 bits per heavy atom. The molecule has 7 rings (SSSR count). The molecule has 4 amide bonds. The summed E-state index contributed by atoms with van der Waals surface area (Å²) < 4.78 is 39.8. The molecule has 2 saturated heterocycles. The standard InChI is InChI=1S/C46H57N9O11/c1-4-31-29-54(16-14-47-31)39-10-8-30(28-50-39)34-12-13-49-46(52-34)51-32-26-37(60-2)42(61-3)38(27-32)66-25-24-65-23-22-64-21-20-63-19-18-62-17-15-48-35-7-5-6-33-41(35)45(59)55(44(33)58)36-9-11-40(56)53-43(36)57/h5-8,10,12-13,26-28,31,36,47-48H,4,9,11,14-25,29H2,1-3H3,(H,49,51,52)(H,53,56,57). The predicted molar refractivity (Wildman–Crippen MR) is 243 cm³/mol. The first-order valence-corrected chi connectivity index (χ1v) is 22.1. The molecule has 2 aromatic carbocycles. The topological polar surface area (TPSA) is 226 Å². The molecule has 3 aliphatic rings. The van der Waals surface area contributed by atoms with Crippen LogP contribution in [-0.2, 0) is 28.5 Å². The van der Waals surface area contributed by atoms with Crippen LogP contribution in [0, 0.1) is 0 Å². The van der Waals surface area contributed by atoms with Crippen molar-refractivity contribution in [2.24, 2.45) is 0 Å². The number of piperidine rings is 1. The van der Waals surface area contributed by atoms with Crippen LogP contribution < -0.4 is 40.4 Å². The van der Waals surface area contributed by atoms with Crippen LogP contribution in [0.5, 0.6) is 17.2 Å². The van der Waals surface area contributed by atoms with E-state index in [4.69, 9.17) is 43.1 Å². The van der Waals surface area contributed by atoms with Gasteiger partial charge in [0.05, 0.1) is 83.9 Å². The average Bonchev–Trinajstić information content (AvgIpc) is 3.59. The number of nitrogens with one attached hydrogen (secondary N) is 4. The number of imide groups is 2. The Hall–Kier alpha value is -6.45. The fourth-order valence-corrected chi connectivity index (χ4v) is 7.74. The summed E-state index contributed by atoms with van der Waals surface area (Å²) in [7, 11) is 3.11. The van der Waals surface area contributed by atoms with Gasteiger partial charge in [-0.3, -0.25) is 29.4 Å². The van der Waals surface area contributed by atoms with Crippen molar-refractivity contribution in [3.63, 3.8) is 0 Å². The van der Waals surface area contributed by atoms with Crippen molar-refractivity contribution in [1.29, 1.82) is 0 Å². The predicted octanol–water partition coefficient (Wildman–Crippen LogP) is 3.45. The van der Waals surface area contributed by atoms with E-state index in [0.29, 0.717) is 100 Å². The lowest BCUT2D eigenvalue weighted by Crippen LogP contribution is -2.54. The highest BCUT2D eigenvalue weighted by Gasteiger charge is 2.45. The van der Waals surface area contributed by atoms with Gasteiger partial charge >= 0.3 is 0 Å². The van der Waals surface area contributed by atoms with Gasteiger partial charge < -0.3 is 54.0 Å². The lowest BCUT2D eigenvalue weighted by atomic mass is 10.0. The second-order valence-electron chi connectivity index (χ2n) is 15.4. The number of benzene rings is 2. The first-order chi connectivity index (χ1) is 32.3. The Kier molecular flexibility index (Phi) is 17.0. The van der Waals surface area contributed by atoms with Crippen molar-refractivity contribution >= 4 is 46.8 Å². The molecule has 5 heterocycles. The number of hydrogen-bond acceptors (Lipinski definition) is 18. The number of anilines is 4. The van der Waals surface area contributed by atoms with Gasteiger partial charge in [0, 0.05) is 80.1 Å². The van der Waals surface area contributed by atoms with E-state index in [1.807, 2.05) is 24.4 Å². The molecule has 20 nitrogen and oxygen atoms in total. The van der Waals surface area contributed by atoms with E-state index in [1.165, 1.54) is 0 Å². The molecule has 352 valence electrons. The van der Waals surface area contributed by atoms with E-state index in [0.717, 1.165) is 48.0 Å². The molecule has 0 aliphatic carbocycles. The zero-order valence-corrected chi connectivity index (χ0v) is 37.5. The Balaban J connectivity index is 0.752. The van der Waals surface area contributed by atoms with Gasteiger partial charge in [0.2, 0.25) is 23.5 Å². The van der Waals surface area contributed by atoms with E-state index in [2.05, 4.69) is 38.1 Å². The largest absolute Gasteiger partial charge is 0.493 e. The van der Waals surface area contributed by atoms with Crippen molar-refractivity contribution in [1.82, 2.24) is 30.5 Å². The van der Waals surface area contributed by atoms with Crippen LogP contribution in [0.1, 0.15) is 46.9 Å². The number of carbonyl (C=O) groups excluding carboxylic acids is 4. The SMILES string of the molecule is CCC1CN(c2ccc(-c3ccnc(Nc4cc(OC)c(OC)c(OCCOCCOCCOCCOCCNc5cccc6c5C(=O)N(C5CCC(=O)NC5=O)C6=O)c4)n3)cn2)CCN1. The Morgan fingerprint density at radius 1 is 0.818 bits per heavy atom. The number of pyridine rings is 1. The van der Waals surface area contributed by atoms with Gasteiger partial charge in [0.25, 0.3) is 11.8 Å². The van der Waals surface area contributed by atoms with Crippen molar-refractivity contribution in [3.8, 4) is 28.5 Å². The molecular formula is C46H57N9O11. The highest BCUT2D eigenvalue weighted by Crippen LogP contribution is 2.41. The van der Waals surface area contributed by atoms with Crippen molar-refractivity contribution in [3.05, 3.63) is 72.1 Å². The number of rotatable bonds is 25. The van der Waals surface area contributed by atoms with E-state index in [1.54, 1.807) is 50.7 Å². The van der Waals surface area contributed by atoms with Gasteiger partial charge in [0.15, 0.2) is 11.5 Å². The first kappa shape index (κ1) is 47.5. The molecule has 2 fully saturated rings. The van der Waals surface area contributed by atoms with E-state index in [-0.39, 0.29) is 30.6 Å². The van der Waals surface area contributed by atoms with Gasteiger partial charge in [-0.25, -0.2) is 15.0 Å². The highest BCUT2D eigenvalue weighted by molar-refractivity contribution is 6.25. The molecule has 0 bridgehead atoms. The summed E-state index contributed by atoms with van der Waals surface area (Å²) in [5.41, 5.74) is 3.13. The molecule has 2 unspecified atom stereocenters. The van der Waals surface area contributed by atoms with Crippen LogP contribution >= 0.6 is 0 Å². The number of piperazine rings is 1. The zero-order valence-electron chi connectivity index (χ0n) is 37.5. The maximum atomic E-state index is 13.2. The minimum absolute atomic E-state index is 0.0571. The Labute approximate surface area is 383 Å². The summed E-state index contributed by atoms with van der Waals surface area (Å²) in [5, 5.41) is 12.2. The lowest BCUT2D eigenvalue weighted by molar-refractivity contribution is -0.136. The normalized spacial score (nSPS) is 17.1. The third-order valence-corrected chi connectivity index (χ3v) is 11.1. The van der Waals surface area contributed by atoms with Gasteiger partial charge in [-0.05, 0) is 43.2 Å². The summed E-state index contributed by atoms with van der Waals surface area (Å²) in [6.45, 7) is 8.43.